The number of imidazole rings is 1. The van der Waals surface area contributed by atoms with Gasteiger partial charge in [0.1, 0.15) is 0 Å². The summed E-state index contributed by atoms with van der Waals surface area (Å²) >= 11 is 0. The van der Waals surface area contributed by atoms with Crippen LogP contribution in [-0.2, 0) is 20.2 Å². The SMILES string of the molecule is CCCS(=O)(=O)[O-].O=S(=O)(O)c1ncc[nH]1.[Na+]. The summed E-state index contributed by atoms with van der Waals surface area (Å²) in [4.78, 5) is 5.52. The Morgan fingerprint density at radius 2 is 1.94 bits per heavy atom. The Kier molecular flexibility index (Phi) is 9.33. The Balaban J connectivity index is 0. The van der Waals surface area contributed by atoms with Crippen LogP contribution in [0.1, 0.15) is 13.3 Å². The van der Waals surface area contributed by atoms with Crippen LogP contribution in [0.5, 0.6) is 0 Å². The van der Waals surface area contributed by atoms with E-state index in [1.54, 1.807) is 6.92 Å². The molecule has 1 aromatic heterocycles. The van der Waals surface area contributed by atoms with Gasteiger partial charge in [-0.2, -0.15) is 8.42 Å². The zero-order valence-corrected chi connectivity index (χ0v) is 13.0. The maximum atomic E-state index is 10.2. The molecule has 8 nitrogen and oxygen atoms in total. The Morgan fingerprint density at radius 3 is 2.06 bits per heavy atom. The average Bonchev–Trinajstić information content (AvgIpc) is 2.52. The molecule has 0 bridgehead atoms. The van der Waals surface area contributed by atoms with Crippen LogP contribution in [0.3, 0.4) is 0 Å². The minimum absolute atomic E-state index is 0. The molecule has 1 rings (SSSR count). The first-order chi connectivity index (χ1) is 7.17. The van der Waals surface area contributed by atoms with E-state index in [1.165, 1.54) is 12.4 Å². The van der Waals surface area contributed by atoms with Crippen molar-refractivity contribution in [2.45, 2.75) is 18.5 Å². The van der Waals surface area contributed by atoms with Gasteiger partial charge in [0.2, 0.25) is 0 Å². The van der Waals surface area contributed by atoms with Gasteiger partial charge in [0.05, 0.1) is 10.1 Å². The fourth-order valence-corrected chi connectivity index (χ4v) is 1.55. The second-order valence-corrected chi connectivity index (χ2v) is 5.49. The van der Waals surface area contributed by atoms with Crippen LogP contribution in [0.15, 0.2) is 17.6 Å². The largest absolute Gasteiger partial charge is 1.00 e. The maximum absolute atomic E-state index is 10.2. The second kappa shape index (κ2) is 8.19. The molecular formula is C6H11N2NaO6S2. The van der Waals surface area contributed by atoms with E-state index in [4.69, 9.17) is 4.55 Å². The van der Waals surface area contributed by atoms with Crippen molar-refractivity contribution in [2.75, 3.05) is 5.75 Å². The molecule has 0 aliphatic heterocycles. The van der Waals surface area contributed by atoms with Crippen LogP contribution in [0.2, 0.25) is 0 Å². The topological polar surface area (TPSA) is 140 Å². The number of aromatic nitrogens is 2. The van der Waals surface area contributed by atoms with Gasteiger partial charge in [-0.15, -0.1) is 0 Å². The van der Waals surface area contributed by atoms with E-state index in [0.29, 0.717) is 6.42 Å². The minimum Gasteiger partial charge on any atom is -0.748 e. The zero-order valence-electron chi connectivity index (χ0n) is 9.32. The minimum atomic E-state index is -4.13. The summed E-state index contributed by atoms with van der Waals surface area (Å²) in [5, 5.41) is -0.428. The molecular weight excluding hydrogens is 283 g/mol. The first-order valence-electron chi connectivity index (χ1n) is 4.07. The third-order valence-corrected chi connectivity index (χ3v) is 2.79. The van der Waals surface area contributed by atoms with E-state index in [1.807, 2.05) is 0 Å². The van der Waals surface area contributed by atoms with Crippen LogP contribution < -0.4 is 29.6 Å². The molecule has 1 aromatic rings. The normalized spacial score (nSPS) is 11.0. The van der Waals surface area contributed by atoms with Crippen LogP contribution in [0.25, 0.3) is 0 Å². The van der Waals surface area contributed by atoms with Crippen LogP contribution in [0, 0.1) is 0 Å². The number of hydrogen-bond acceptors (Lipinski definition) is 6. The molecule has 1 heterocycles. The van der Waals surface area contributed by atoms with Gasteiger partial charge in [-0.1, -0.05) is 6.92 Å². The van der Waals surface area contributed by atoms with E-state index >= 15 is 0 Å². The summed E-state index contributed by atoms with van der Waals surface area (Å²) in [6.07, 6.45) is 2.96. The van der Waals surface area contributed by atoms with Crippen molar-refractivity contribution in [2.24, 2.45) is 0 Å². The van der Waals surface area contributed by atoms with E-state index < -0.39 is 25.4 Å². The van der Waals surface area contributed by atoms with Crippen molar-refractivity contribution < 1.29 is 55.5 Å². The summed E-state index contributed by atoms with van der Waals surface area (Å²) in [5.74, 6) is -0.243. The number of nitrogens with zero attached hydrogens (tertiary/aromatic N) is 1. The van der Waals surface area contributed by atoms with Crippen molar-refractivity contribution in [3.8, 4) is 0 Å². The van der Waals surface area contributed by atoms with E-state index in [-0.39, 0.29) is 35.3 Å². The Bertz CT molecular complexity index is 495. The summed E-state index contributed by atoms with van der Waals surface area (Å²) in [6.45, 7) is 1.65. The molecule has 94 valence electrons. The molecule has 0 saturated heterocycles. The van der Waals surface area contributed by atoms with Crippen molar-refractivity contribution in [3.05, 3.63) is 12.4 Å². The van der Waals surface area contributed by atoms with E-state index in [2.05, 4.69) is 9.97 Å². The molecule has 0 unspecified atom stereocenters. The number of H-pyrrole nitrogens is 1. The molecule has 17 heavy (non-hydrogen) atoms. The molecule has 0 radical (unpaired) electrons. The molecule has 0 amide bonds. The van der Waals surface area contributed by atoms with Gasteiger partial charge in [-0.25, -0.2) is 13.4 Å². The molecule has 0 fully saturated rings. The van der Waals surface area contributed by atoms with Gasteiger partial charge in [0, 0.05) is 18.1 Å². The van der Waals surface area contributed by atoms with Gasteiger partial charge in [-0.05, 0) is 6.42 Å². The zero-order chi connectivity index (χ0) is 12.8. The summed E-state index contributed by atoms with van der Waals surface area (Å²) in [7, 11) is -8.05. The molecule has 0 aromatic carbocycles. The van der Waals surface area contributed by atoms with E-state index in [9.17, 15) is 21.4 Å². The first-order valence-corrected chi connectivity index (χ1v) is 7.09. The molecule has 0 aliphatic carbocycles. The van der Waals surface area contributed by atoms with Crippen molar-refractivity contribution in [1.82, 2.24) is 9.97 Å². The molecule has 2 N–H and O–H groups in total. The number of hydrogen-bond donors (Lipinski definition) is 2. The van der Waals surface area contributed by atoms with Crippen LogP contribution >= 0.6 is 0 Å². The molecule has 11 heteroatoms. The van der Waals surface area contributed by atoms with Gasteiger partial charge >= 0.3 is 39.7 Å². The van der Waals surface area contributed by atoms with Crippen LogP contribution in [-0.4, -0.2) is 41.7 Å². The third-order valence-electron chi connectivity index (χ3n) is 1.17. The monoisotopic (exact) mass is 294 g/mol. The van der Waals surface area contributed by atoms with Crippen molar-refractivity contribution >= 4 is 20.2 Å². The summed E-state index contributed by atoms with van der Waals surface area (Å²) in [6, 6.07) is 0. The smallest absolute Gasteiger partial charge is 0.748 e. The number of aromatic amines is 1. The van der Waals surface area contributed by atoms with Crippen molar-refractivity contribution in [1.29, 1.82) is 0 Å². The maximum Gasteiger partial charge on any atom is 1.00 e. The predicted molar refractivity (Wildman–Crippen MR) is 53.3 cm³/mol. The molecule has 0 atom stereocenters. The first kappa shape index (κ1) is 19.4. The number of nitrogens with one attached hydrogen (secondary N) is 1. The van der Waals surface area contributed by atoms with Gasteiger partial charge in [0.15, 0.2) is 0 Å². The summed E-state index contributed by atoms with van der Waals surface area (Å²) < 4.78 is 57.6. The fraction of sp³-hybridized carbons (Fsp3) is 0.500. The van der Waals surface area contributed by atoms with Gasteiger partial charge < -0.3 is 9.54 Å². The molecule has 0 spiro atoms. The third kappa shape index (κ3) is 10.9. The van der Waals surface area contributed by atoms with E-state index in [0.717, 1.165) is 0 Å². The van der Waals surface area contributed by atoms with Crippen LogP contribution in [0.4, 0.5) is 0 Å². The Labute approximate surface area is 122 Å². The molecule has 0 aliphatic rings. The fourth-order valence-electron chi connectivity index (χ4n) is 0.642. The Morgan fingerprint density at radius 1 is 1.41 bits per heavy atom. The van der Waals surface area contributed by atoms with Gasteiger partial charge in [0.25, 0.3) is 5.16 Å². The summed E-state index contributed by atoms with van der Waals surface area (Å²) in [5.41, 5.74) is 0. The average molecular weight is 294 g/mol. The number of rotatable bonds is 3. The van der Waals surface area contributed by atoms with Gasteiger partial charge in [-0.3, -0.25) is 4.55 Å². The second-order valence-electron chi connectivity index (χ2n) is 2.63. The Hall–Kier alpha value is 0.0300. The standard InChI is InChI=1S/C3H4N2O3S.C3H8O3S.Na/c6-9(7,8)3-4-1-2-5-3;1-2-3-7(4,5)6;/h1-2H,(H,4,5)(H,6,7,8);2-3H2,1H3,(H,4,5,6);/q;;+1/p-1. The predicted octanol–water partition coefficient (Wildman–Crippen LogP) is -3.40. The molecule has 0 saturated carbocycles. The van der Waals surface area contributed by atoms with Crippen molar-refractivity contribution in [3.63, 3.8) is 0 Å². The quantitative estimate of drug-likeness (QED) is 0.437.